The highest BCUT2D eigenvalue weighted by Gasteiger charge is 2.33. The Morgan fingerprint density at radius 1 is 0.862 bits per heavy atom. The smallest absolute Gasteiger partial charge is 0.231 e. The van der Waals surface area contributed by atoms with Gasteiger partial charge in [0.15, 0.2) is 0 Å². The van der Waals surface area contributed by atoms with Crippen molar-refractivity contribution in [3.8, 4) is 0 Å². The Kier molecular flexibility index (Phi) is 13.6. The molecule has 0 aliphatic heterocycles. The molecular formula is C24H46BrNO3. The minimum Gasteiger partial charge on any atom is -0.375 e. The van der Waals surface area contributed by atoms with Crippen LogP contribution in [-0.4, -0.2) is 34.8 Å². The van der Waals surface area contributed by atoms with E-state index >= 15 is 0 Å². The van der Waals surface area contributed by atoms with E-state index in [0.29, 0.717) is 24.1 Å². The first-order valence-corrected chi connectivity index (χ1v) is 12.6. The molecule has 0 saturated heterocycles. The molecule has 0 heterocycles. The number of Topliss-reactive ketones (excluding diaryl/α,β-unsaturated/α-hetero) is 1. The first-order valence-electron chi connectivity index (χ1n) is 11.5. The van der Waals surface area contributed by atoms with Gasteiger partial charge in [0.05, 0.1) is 10.9 Å². The van der Waals surface area contributed by atoms with Gasteiger partial charge in [-0.15, -0.1) is 0 Å². The molecule has 1 atom stereocenters. The van der Waals surface area contributed by atoms with Crippen LogP contribution in [0.1, 0.15) is 113 Å². The number of amides is 1. The number of nitrogens with one attached hydrogen (secondary N) is 1. The summed E-state index contributed by atoms with van der Waals surface area (Å²) in [5.74, 6) is 0.373. The molecule has 0 saturated carbocycles. The van der Waals surface area contributed by atoms with E-state index in [-0.39, 0.29) is 22.5 Å². The molecular weight excluding hydrogens is 430 g/mol. The molecule has 0 radical (unpaired) electrons. The molecule has 0 aromatic carbocycles. The number of ketones is 1. The molecule has 1 N–H and O–H groups in total. The number of carbonyl (C=O) groups is 2. The van der Waals surface area contributed by atoms with Gasteiger partial charge in [-0.3, -0.25) is 9.59 Å². The average molecular weight is 477 g/mol. The highest BCUT2D eigenvalue weighted by molar-refractivity contribution is 9.09. The lowest BCUT2D eigenvalue weighted by Crippen LogP contribution is -2.45. The maximum atomic E-state index is 13.1. The van der Waals surface area contributed by atoms with Crippen LogP contribution in [0.3, 0.4) is 0 Å². The summed E-state index contributed by atoms with van der Waals surface area (Å²) in [7, 11) is 0. The van der Waals surface area contributed by atoms with Crippen LogP contribution in [0.15, 0.2) is 0 Å². The number of halogens is 1. The predicted octanol–water partition coefficient (Wildman–Crippen LogP) is 6.59. The van der Waals surface area contributed by atoms with Gasteiger partial charge in [-0.2, -0.15) is 0 Å². The number of hydrogen-bond acceptors (Lipinski definition) is 3. The van der Waals surface area contributed by atoms with Crippen LogP contribution < -0.4 is 5.32 Å². The Balaban J connectivity index is 4.61. The van der Waals surface area contributed by atoms with Crippen molar-refractivity contribution in [3.05, 3.63) is 0 Å². The van der Waals surface area contributed by atoms with E-state index in [0.717, 1.165) is 44.9 Å². The standard InChI is InChI=1S/C24H46BrNO3/c1-8-10-12-15-24(7,14-11-9-2)20(27)13-16-23(5,6)29-18-17-22(3,4)26-21(28)19-25/h8-19H2,1-7H3,(H,26,28). The van der Waals surface area contributed by atoms with Crippen molar-refractivity contribution >= 4 is 27.6 Å². The molecule has 5 heteroatoms. The van der Waals surface area contributed by atoms with E-state index in [1.807, 2.05) is 13.8 Å². The topological polar surface area (TPSA) is 55.4 Å². The van der Waals surface area contributed by atoms with Crippen molar-refractivity contribution in [2.75, 3.05) is 11.9 Å². The van der Waals surface area contributed by atoms with Crippen molar-refractivity contribution in [1.82, 2.24) is 5.32 Å². The lowest BCUT2D eigenvalue weighted by molar-refractivity contribution is -0.131. The van der Waals surface area contributed by atoms with Gasteiger partial charge in [0.2, 0.25) is 5.91 Å². The number of carbonyl (C=O) groups excluding carboxylic acids is 2. The SMILES string of the molecule is CCCCCC(C)(CCCC)C(=O)CCC(C)(C)OCCC(C)(C)NC(=O)CBr. The highest BCUT2D eigenvalue weighted by Crippen LogP contribution is 2.34. The number of hydrogen-bond donors (Lipinski definition) is 1. The molecule has 0 aliphatic carbocycles. The van der Waals surface area contributed by atoms with E-state index in [2.05, 4.69) is 55.9 Å². The second kappa shape index (κ2) is 13.8. The lowest BCUT2D eigenvalue weighted by atomic mass is 9.74. The van der Waals surface area contributed by atoms with Crippen LogP contribution in [0.4, 0.5) is 0 Å². The van der Waals surface area contributed by atoms with Crippen molar-refractivity contribution in [1.29, 1.82) is 0 Å². The predicted molar refractivity (Wildman–Crippen MR) is 127 cm³/mol. The Morgan fingerprint density at radius 3 is 2.00 bits per heavy atom. The molecule has 0 aromatic heterocycles. The van der Waals surface area contributed by atoms with Gasteiger partial charge < -0.3 is 10.1 Å². The summed E-state index contributed by atoms with van der Waals surface area (Å²) < 4.78 is 6.11. The van der Waals surface area contributed by atoms with Crippen LogP contribution in [-0.2, 0) is 14.3 Å². The van der Waals surface area contributed by atoms with Gasteiger partial charge in [-0.1, -0.05) is 68.8 Å². The summed E-state index contributed by atoms with van der Waals surface area (Å²) in [5, 5.41) is 3.29. The van der Waals surface area contributed by atoms with E-state index in [1.54, 1.807) is 0 Å². The van der Waals surface area contributed by atoms with Gasteiger partial charge in [-0.25, -0.2) is 0 Å². The first-order chi connectivity index (χ1) is 13.4. The molecule has 4 nitrogen and oxygen atoms in total. The summed E-state index contributed by atoms with van der Waals surface area (Å²) in [6.45, 7) is 15.2. The summed E-state index contributed by atoms with van der Waals surface area (Å²) in [4.78, 5) is 24.7. The van der Waals surface area contributed by atoms with E-state index in [1.165, 1.54) is 12.8 Å². The Morgan fingerprint density at radius 2 is 1.45 bits per heavy atom. The third-order valence-corrected chi connectivity index (χ3v) is 6.37. The molecule has 0 bridgehead atoms. The summed E-state index contributed by atoms with van der Waals surface area (Å²) in [6.07, 6.45) is 9.80. The molecule has 172 valence electrons. The van der Waals surface area contributed by atoms with Gasteiger partial charge in [0.25, 0.3) is 0 Å². The fourth-order valence-electron chi connectivity index (χ4n) is 3.58. The molecule has 0 rings (SSSR count). The molecule has 0 aromatic rings. The zero-order chi connectivity index (χ0) is 22.6. The Labute approximate surface area is 188 Å². The van der Waals surface area contributed by atoms with Crippen LogP contribution in [0.25, 0.3) is 0 Å². The molecule has 29 heavy (non-hydrogen) atoms. The van der Waals surface area contributed by atoms with Crippen molar-refractivity contribution in [3.63, 3.8) is 0 Å². The third-order valence-electron chi connectivity index (χ3n) is 5.86. The minimum atomic E-state index is -0.347. The van der Waals surface area contributed by atoms with E-state index < -0.39 is 0 Å². The van der Waals surface area contributed by atoms with E-state index in [4.69, 9.17) is 4.74 Å². The molecule has 0 spiro atoms. The van der Waals surface area contributed by atoms with Crippen LogP contribution in [0, 0.1) is 5.41 Å². The molecule has 1 unspecified atom stereocenters. The monoisotopic (exact) mass is 475 g/mol. The third kappa shape index (κ3) is 12.8. The Bertz CT molecular complexity index is 491. The molecule has 0 aliphatic rings. The van der Waals surface area contributed by atoms with Crippen molar-refractivity contribution < 1.29 is 14.3 Å². The van der Waals surface area contributed by atoms with Crippen LogP contribution in [0.5, 0.6) is 0 Å². The minimum absolute atomic E-state index is 0.0192. The van der Waals surface area contributed by atoms with Gasteiger partial charge in [-0.05, 0) is 53.4 Å². The number of alkyl halides is 1. The maximum absolute atomic E-state index is 13.1. The maximum Gasteiger partial charge on any atom is 0.231 e. The van der Waals surface area contributed by atoms with Gasteiger partial charge in [0, 0.05) is 24.0 Å². The quantitative estimate of drug-likeness (QED) is 0.190. The Hall–Kier alpha value is -0.420. The zero-order valence-electron chi connectivity index (χ0n) is 20.1. The largest absolute Gasteiger partial charge is 0.375 e. The number of rotatable bonds is 17. The zero-order valence-corrected chi connectivity index (χ0v) is 21.7. The normalized spacial score (nSPS) is 14.5. The van der Waals surface area contributed by atoms with Crippen LogP contribution in [0.2, 0.25) is 0 Å². The van der Waals surface area contributed by atoms with Crippen molar-refractivity contribution in [2.24, 2.45) is 5.41 Å². The number of unbranched alkanes of at least 4 members (excludes halogenated alkanes) is 3. The first kappa shape index (κ1) is 28.6. The second-order valence-electron chi connectivity index (χ2n) is 9.97. The fraction of sp³-hybridized carbons (Fsp3) is 0.917. The lowest BCUT2D eigenvalue weighted by Gasteiger charge is -2.32. The van der Waals surface area contributed by atoms with Gasteiger partial charge in [0.1, 0.15) is 5.78 Å². The fourth-order valence-corrected chi connectivity index (χ4v) is 3.72. The van der Waals surface area contributed by atoms with Crippen LogP contribution >= 0.6 is 15.9 Å². The number of ether oxygens (including phenoxy) is 1. The van der Waals surface area contributed by atoms with Gasteiger partial charge >= 0.3 is 0 Å². The highest BCUT2D eigenvalue weighted by atomic mass is 79.9. The summed E-state index contributed by atoms with van der Waals surface area (Å²) >= 11 is 3.18. The summed E-state index contributed by atoms with van der Waals surface area (Å²) in [6, 6.07) is 0. The molecule has 1 amide bonds. The van der Waals surface area contributed by atoms with Crippen molar-refractivity contribution in [2.45, 2.75) is 124 Å². The summed E-state index contributed by atoms with van der Waals surface area (Å²) in [5.41, 5.74) is -0.849. The van der Waals surface area contributed by atoms with E-state index in [9.17, 15) is 9.59 Å². The second-order valence-corrected chi connectivity index (χ2v) is 10.5. The molecule has 0 fully saturated rings. The average Bonchev–Trinajstić information content (AvgIpc) is 2.63.